The number of ether oxygens (including phenoxy) is 1. The van der Waals surface area contributed by atoms with Crippen LogP contribution in [0.5, 0.6) is 5.75 Å². The van der Waals surface area contributed by atoms with Crippen molar-refractivity contribution in [3.05, 3.63) is 29.8 Å². The molecule has 4 nitrogen and oxygen atoms in total. The summed E-state index contributed by atoms with van der Waals surface area (Å²) in [6, 6.07) is 7.83. The molecule has 0 spiro atoms. The van der Waals surface area contributed by atoms with Gasteiger partial charge >= 0.3 is 0 Å². The molecule has 0 aromatic heterocycles. The van der Waals surface area contributed by atoms with Crippen LogP contribution in [0.15, 0.2) is 24.3 Å². The number of rotatable bonds is 5. The second-order valence-electron chi connectivity index (χ2n) is 5.37. The van der Waals surface area contributed by atoms with Crippen LogP contribution < -0.4 is 4.74 Å². The Morgan fingerprint density at radius 3 is 2.70 bits per heavy atom. The highest BCUT2D eigenvalue weighted by molar-refractivity contribution is 5.76. The lowest BCUT2D eigenvalue weighted by Crippen LogP contribution is -2.39. The monoisotopic (exact) mass is 277 g/mol. The van der Waals surface area contributed by atoms with Crippen molar-refractivity contribution >= 4 is 5.91 Å². The molecule has 1 saturated heterocycles. The molecule has 1 heterocycles. The number of aliphatic hydroxyl groups is 1. The Kier molecular flexibility index (Phi) is 5.41. The molecule has 1 fully saturated rings. The summed E-state index contributed by atoms with van der Waals surface area (Å²) in [7, 11) is 0. The van der Waals surface area contributed by atoms with Crippen LogP contribution >= 0.6 is 0 Å². The third-order valence-electron chi connectivity index (χ3n) is 3.89. The van der Waals surface area contributed by atoms with E-state index < -0.39 is 0 Å². The number of aryl methyl sites for hydroxylation is 1. The Hall–Kier alpha value is -1.55. The molecular formula is C16H23NO3. The number of carbonyl (C=O) groups excluding carboxylic acids is 1. The molecule has 0 radical (unpaired) electrons. The maximum Gasteiger partial charge on any atom is 0.225 e. The molecule has 4 heteroatoms. The van der Waals surface area contributed by atoms with E-state index in [-0.39, 0.29) is 12.5 Å². The summed E-state index contributed by atoms with van der Waals surface area (Å²) < 4.78 is 5.65. The summed E-state index contributed by atoms with van der Waals surface area (Å²) in [4.78, 5) is 13.9. The van der Waals surface area contributed by atoms with Crippen LogP contribution in [0, 0.1) is 12.8 Å². The molecular weight excluding hydrogens is 254 g/mol. The summed E-state index contributed by atoms with van der Waals surface area (Å²) in [5.41, 5.74) is 1.09. The Morgan fingerprint density at radius 2 is 2.05 bits per heavy atom. The summed E-state index contributed by atoms with van der Waals surface area (Å²) in [6.07, 6.45) is 2.22. The number of nitrogens with zero attached hydrogens (tertiary/aromatic N) is 1. The average molecular weight is 277 g/mol. The van der Waals surface area contributed by atoms with Gasteiger partial charge in [-0.05, 0) is 37.3 Å². The van der Waals surface area contributed by atoms with E-state index in [4.69, 9.17) is 9.84 Å². The van der Waals surface area contributed by atoms with Gasteiger partial charge in [0, 0.05) is 19.7 Å². The zero-order valence-corrected chi connectivity index (χ0v) is 12.0. The van der Waals surface area contributed by atoms with Gasteiger partial charge in [0.15, 0.2) is 0 Å². The normalized spacial score (nSPS) is 16.2. The van der Waals surface area contributed by atoms with E-state index >= 15 is 0 Å². The molecule has 110 valence electrons. The number of para-hydroxylation sites is 1. The van der Waals surface area contributed by atoms with Crippen LogP contribution in [0.3, 0.4) is 0 Å². The van der Waals surface area contributed by atoms with Gasteiger partial charge in [-0.25, -0.2) is 0 Å². The largest absolute Gasteiger partial charge is 0.493 e. The minimum Gasteiger partial charge on any atom is -0.493 e. The number of hydrogen-bond acceptors (Lipinski definition) is 3. The molecule has 1 N–H and O–H groups in total. The fourth-order valence-electron chi connectivity index (χ4n) is 2.49. The van der Waals surface area contributed by atoms with Crippen LogP contribution in [-0.4, -0.2) is 42.2 Å². The van der Waals surface area contributed by atoms with Gasteiger partial charge in [-0.1, -0.05) is 18.2 Å². The Labute approximate surface area is 120 Å². The smallest absolute Gasteiger partial charge is 0.225 e. The number of amides is 1. The van der Waals surface area contributed by atoms with Crippen LogP contribution in [0.1, 0.15) is 24.8 Å². The summed E-state index contributed by atoms with van der Waals surface area (Å²) in [6.45, 7) is 4.17. The van der Waals surface area contributed by atoms with Crippen molar-refractivity contribution in [1.29, 1.82) is 0 Å². The zero-order valence-electron chi connectivity index (χ0n) is 12.0. The molecule has 1 amide bonds. The number of hydrogen-bond donors (Lipinski definition) is 1. The van der Waals surface area contributed by atoms with Crippen LogP contribution in [0.25, 0.3) is 0 Å². The van der Waals surface area contributed by atoms with E-state index in [0.29, 0.717) is 18.9 Å². The lowest BCUT2D eigenvalue weighted by molar-refractivity contribution is -0.133. The van der Waals surface area contributed by atoms with E-state index in [2.05, 4.69) is 0 Å². The summed E-state index contributed by atoms with van der Waals surface area (Å²) >= 11 is 0. The summed E-state index contributed by atoms with van der Waals surface area (Å²) in [5.74, 6) is 1.36. The average Bonchev–Trinajstić information content (AvgIpc) is 2.49. The highest BCUT2D eigenvalue weighted by Crippen LogP contribution is 2.18. The fraction of sp³-hybridized carbons (Fsp3) is 0.562. The standard InChI is InChI=1S/C16H23NO3/c1-13-4-2-3-5-15(13)20-11-8-16(19)17-9-6-14(12-18)7-10-17/h2-5,14,18H,6-12H2,1H3. The first-order valence-corrected chi connectivity index (χ1v) is 7.27. The lowest BCUT2D eigenvalue weighted by Gasteiger charge is -2.31. The highest BCUT2D eigenvalue weighted by atomic mass is 16.5. The van der Waals surface area contributed by atoms with E-state index in [9.17, 15) is 4.79 Å². The number of likely N-dealkylation sites (tertiary alicyclic amines) is 1. The van der Waals surface area contributed by atoms with Crippen molar-refractivity contribution < 1.29 is 14.6 Å². The molecule has 2 rings (SSSR count). The molecule has 0 unspecified atom stereocenters. The third-order valence-corrected chi connectivity index (χ3v) is 3.89. The van der Waals surface area contributed by atoms with Crippen LogP contribution in [0.2, 0.25) is 0 Å². The highest BCUT2D eigenvalue weighted by Gasteiger charge is 2.21. The Balaban J connectivity index is 1.72. The number of piperidine rings is 1. The van der Waals surface area contributed by atoms with E-state index in [0.717, 1.165) is 37.2 Å². The molecule has 1 aromatic carbocycles. The van der Waals surface area contributed by atoms with Gasteiger partial charge in [-0.3, -0.25) is 4.79 Å². The second kappa shape index (κ2) is 7.29. The molecule has 1 aliphatic rings. The van der Waals surface area contributed by atoms with E-state index in [1.807, 2.05) is 36.1 Å². The first-order chi connectivity index (χ1) is 9.70. The number of carbonyl (C=O) groups is 1. The molecule has 0 atom stereocenters. The van der Waals surface area contributed by atoms with Gasteiger partial charge in [0.1, 0.15) is 5.75 Å². The third kappa shape index (κ3) is 3.97. The van der Waals surface area contributed by atoms with Crippen molar-refractivity contribution in [3.8, 4) is 5.75 Å². The van der Waals surface area contributed by atoms with Crippen LogP contribution in [0.4, 0.5) is 0 Å². The first-order valence-electron chi connectivity index (χ1n) is 7.27. The Morgan fingerprint density at radius 1 is 1.35 bits per heavy atom. The van der Waals surface area contributed by atoms with Gasteiger partial charge in [0.05, 0.1) is 13.0 Å². The number of aliphatic hydroxyl groups excluding tert-OH is 1. The van der Waals surface area contributed by atoms with Crippen molar-refractivity contribution in [2.24, 2.45) is 5.92 Å². The zero-order chi connectivity index (χ0) is 14.4. The Bertz CT molecular complexity index is 439. The second-order valence-corrected chi connectivity index (χ2v) is 5.37. The number of benzene rings is 1. The van der Waals surface area contributed by atoms with Crippen LogP contribution in [-0.2, 0) is 4.79 Å². The topological polar surface area (TPSA) is 49.8 Å². The molecule has 0 saturated carbocycles. The van der Waals surface area contributed by atoms with Crippen molar-refractivity contribution in [2.45, 2.75) is 26.2 Å². The maximum absolute atomic E-state index is 12.1. The predicted molar refractivity (Wildman–Crippen MR) is 77.7 cm³/mol. The summed E-state index contributed by atoms with van der Waals surface area (Å²) in [5, 5.41) is 9.09. The molecule has 20 heavy (non-hydrogen) atoms. The predicted octanol–water partition coefficient (Wildman–Crippen LogP) is 1.99. The van der Waals surface area contributed by atoms with Crippen molar-refractivity contribution in [2.75, 3.05) is 26.3 Å². The minimum atomic E-state index is 0.148. The van der Waals surface area contributed by atoms with Crippen molar-refractivity contribution in [3.63, 3.8) is 0 Å². The van der Waals surface area contributed by atoms with E-state index in [1.54, 1.807) is 0 Å². The lowest BCUT2D eigenvalue weighted by atomic mass is 9.98. The first kappa shape index (κ1) is 14.9. The van der Waals surface area contributed by atoms with Gasteiger partial charge in [0.2, 0.25) is 5.91 Å². The maximum atomic E-state index is 12.1. The van der Waals surface area contributed by atoms with Crippen molar-refractivity contribution in [1.82, 2.24) is 4.90 Å². The molecule has 1 aromatic rings. The quantitative estimate of drug-likeness (QED) is 0.895. The van der Waals surface area contributed by atoms with Gasteiger partial charge < -0.3 is 14.7 Å². The SMILES string of the molecule is Cc1ccccc1OCCC(=O)N1CCC(CO)CC1. The molecule has 0 bridgehead atoms. The van der Waals surface area contributed by atoms with Gasteiger partial charge in [-0.2, -0.15) is 0 Å². The van der Waals surface area contributed by atoms with E-state index in [1.165, 1.54) is 0 Å². The van der Waals surface area contributed by atoms with Gasteiger partial charge in [0.25, 0.3) is 0 Å². The minimum absolute atomic E-state index is 0.148. The fourth-order valence-corrected chi connectivity index (χ4v) is 2.49. The van der Waals surface area contributed by atoms with Gasteiger partial charge in [-0.15, -0.1) is 0 Å². The molecule has 1 aliphatic heterocycles. The molecule has 0 aliphatic carbocycles.